The second kappa shape index (κ2) is 6.96. The topological polar surface area (TPSA) is 68.2 Å². The zero-order valence-electron chi connectivity index (χ0n) is 15.1. The van der Waals surface area contributed by atoms with Crippen LogP contribution >= 0.6 is 0 Å². The molecular weight excluding hydrogens is 348 g/mol. The van der Waals surface area contributed by atoms with Crippen LogP contribution in [0.25, 0.3) is 10.9 Å². The minimum atomic E-state index is -3.33. The molecule has 3 rings (SSSR count). The van der Waals surface area contributed by atoms with Gasteiger partial charge in [0.05, 0.1) is 10.5 Å². The van der Waals surface area contributed by atoms with Crippen LogP contribution in [0.3, 0.4) is 0 Å². The Morgan fingerprint density at radius 1 is 1.12 bits per heavy atom. The molecule has 1 amide bonds. The third-order valence-electron chi connectivity index (χ3n) is 4.12. The first-order valence-corrected chi connectivity index (χ1v) is 10.3. The molecule has 0 saturated heterocycles. The minimum Gasteiger partial charge on any atom is -0.346 e. The Bertz CT molecular complexity index is 1070. The molecule has 1 N–H and O–H groups in total. The highest BCUT2D eigenvalue weighted by Crippen LogP contribution is 2.24. The summed E-state index contributed by atoms with van der Waals surface area (Å²) in [6, 6.07) is 14.1. The van der Waals surface area contributed by atoms with Crippen molar-refractivity contribution in [2.45, 2.75) is 25.3 Å². The smallest absolute Gasteiger partial charge is 0.257 e. The van der Waals surface area contributed by atoms with Crippen molar-refractivity contribution >= 4 is 32.3 Å². The van der Waals surface area contributed by atoms with E-state index >= 15 is 0 Å². The number of hydrogen-bond donors (Lipinski definition) is 1. The van der Waals surface area contributed by atoms with Crippen LogP contribution < -0.4 is 5.32 Å². The molecule has 1 heterocycles. The number of hydrogen-bond acceptors (Lipinski definition) is 3. The first-order chi connectivity index (χ1) is 12.3. The summed E-state index contributed by atoms with van der Waals surface area (Å²) < 4.78 is 25.5. The van der Waals surface area contributed by atoms with E-state index in [2.05, 4.69) is 23.7 Å². The van der Waals surface area contributed by atoms with Gasteiger partial charge in [-0.1, -0.05) is 38.1 Å². The average molecular weight is 370 g/mol. The predicted octanol–water partition coefficient (Wildman–Crippen LogP) is 3.95. The van der Waals surface area contributed by atoms with Crippen LogP contribution in [-0.4, -0.2) is 25.1 Å². The van der Waals surface area contributed by atoms with Crippen LogP contribution in [0.15, 0.2) is 59.6 Å². The lowest BCUT2D eigenvalue weighted by Gasteiger charge is -2.07. The van der Waals surface area contributed by atoms with E-state index in [0.717, 1.165) is 23.7 Å². The summed E-state index contributed by atoms with van der Waals surface area (Å²) >= 11 is 0. The van der Waals surface area contributed by atoms with Gasteiger partial charge in [-0.2, -0.15) is 0 Å². The second-order valence-corrected chi connectivity index (χ2v) is 8.88. The molecule has 6 heteroatoms. The number of anilines is 1. The standard InChI is InChI=1S/C20H22N2O3S/c1-14(2)12-22-13-18(17-9-4-5-10-19(17)22)20(23)21-15-7-6-8-16(11-15)26(3,24)25/h4-11,13-14H,12H2,1-3H3,(H,21,23). The van der Waals surface area contributed by atoms with Crippen molar-refractivity contribution < 1.29 is 13.2 Å². The summed E-state index contributed by atoms with van der Waals surface area (Å²) in [6.45, 7) is 5.08. The maximum atomic E-state index is 12.8. The largest absolute Gasteiger partial charge is 0.346 e. The zero-order chi connectivity index (χ0) is 18.9. The number of rotatable bonds is 5. The molecule has 136 valence electrons. The third-order valence-corrected chi connectivity index (χ3v) is 5.23. The highest BCUT2D eigenvalue weighted by atomic mass is 32.2. The highest BCUT2D eigenvalue weighted by Gasteiger charge is 2.16. The van der Waals surface area contributed by atoms with E-state index < -0.39 is 9.84 Å². The van der Waals surface area contributed by atoms with Gasteiger partial charge in [-0.15, -0.1) is 0 Å². The minimum absolute atomic E-state index is 0.178. The van der Waals surface area contributed by atoms with Crippen molar-refractivity contribution in [3.63, 3.8) is 0 Å². The molecule has 0 fully saturated rings. The molecule has 26 heavy (non-hydrogen) atoms. The number of nitrogens with zero attached hydrogens (tertiary/aromatic N) is 1. The van der Waals surface area contributed by atoms with E-state index in [0.29, 0.717) is 17.2 Å². The van der Waals surface area contributed by atoms with Crippen LogP contribution in [0.5, 0.6) is 0 Å². The van der Waals surface area contributed by atoms with Gasteiger partial charge in [0.25, 0.3) is 5.91 Å². The average Bonchev–Trinajstić information content (AvgIpc) is 2.93. The van der Waals surface area contributed by atoms with E-state index in [4.69, 9.17) is 0 Å². The second-order valence-electron chi connectivity index (χ2n) is 6.86. The Morgan fingerprint density at radius 2 is 1.85 bits per heavy atom. The maximum absolute atomic E-state index is 12.8. The van der Waals surface area contributed by atoms with Gasteiger partial charge in [0.15, 0.2) is 9.84 Å². The third kappa shape index (κ3) is 3.80. The number of nitrogens with one attached hydrogen (secondary N) is 1. The lowest BCUT2D eigenvalue weighted by Crippen LogP contribution is -2.12. The lowest BCUT2D eigenvalue weighted by molar-refractivity contribution is 0.102. The maximum Gasteiger partial charge on any atom is 0.257 e. The van der Waals surface area contributed by atoms with Gasteiger partial charge in [-0.3, -0.25) is 4.79 Å². The molecular formula is C20H22N2O3S. The van der Waals surface area contributed by atoms with Crippen molar-refractivity contribution in [2.24, 2.45) is 5.92 Å². The Balaban J connectivity index is 1.96. The van der Waals surface area contributed by atoms with Gasteiger partial charge < -0.3 is 9.88 Å². The van der Waals surface area contributed by atoms with Crippen LogP contribution in [0, 0.1) is 5.92 Å². The molecule has 5 nitrogen and oxygen atoms in total. The molecule has 3 aromatic rings. The molecule has 0 bridgehead atoms. The van der Waals surface area contributed by atoms with Crippen LogP contribution in [-0.2, 0) is 16.4 Å². The number of carbonyl (C=O) groups excluding carboxylic acids is 1. The molecule has 0 aliphatic carbocycles. The first-order valence-electron chi connectivity index (χ1n) is 8.45. The summed E-state index contributed by atoms with van der Waals surface area (Å²) in [5, 5.41) is 3.69. The Morgan fingerprint density at radius 3 is 2.54 bits per heavy atom. The normalized spacial score (nSPS) is 11.8. The zero-order valence-corrected chi connectivity index (χ0v) is 15.9. The number of para-hydroxylation sites is 1. The summed E-state index contributed by atoms with van der Waals surface area (Å²) in [4.78, 5) is 13.0. The number of fused-ring (bicyclic) bond motifs is 1. The van der Waals surface area contributed by atoms with Crippen LogP contribution in [0.1, 0.15) is 24.2 Å². The lowest BCUT2D eigenvalue weighted by atomic mass is 10.1. The van der Waals surface area contributed by atoms with Gasteiger partial charge in [-0.05, 0) is 30.2 Å². The van der Waals surface area contributed by atoms with Crippen molar-refractivity contribution in [3.8, 4) is 0 Å². The van der Waals surface area contributed by atoms with Gasteiger partial charge in [-0.25, -0.2) is 8.42 Å². The van der Waals surface area contributed by atoms with Gasteiger partial charge >= 0.3 is 0 Å². The van der Waals surface area contributed by atoms with Crippen LogP contribution in [0.2, 0.25) is 0 Å². The van der Waals surface area contributed by atoms with Crippen LogP contribution in [0.4, 0.5) is 5.69 Å². The van der Waals surface area contributed by atoms with E-state index in [1.54, 1.807) is 12.1 Å². The molecule has 0 radical (unpaired) electrons. The fourth-order valence-corrected chi connectivity index (χ4v) is 3.64. The Labute approximate surface area is 153 Å². The first kappa shape index (κ1) is 18.2. The SMILES string of the molecule is CC(C)Cn1cc(C(=O)Nc2cccc(S(C)(=O)=O)c2)c2ccccc21. The summed E-state index contributed by atoms with van der Waals surface area (Å²) in [7, 11) is -3.33. The van der Waals surface area contributed by atoms with Gasteiger partial charge in [0.2, 0.25) is 0 Å². The van der Waals surface area contributed by atoms with E-state index in [-0.39, 0.29) is 10.8 Å². The number of sulfone groups is 1. The van der Waals surface area contributed by atoms with Crippen molar-refractivity contribution in [1.29, 1.82) is 0 Å². The molecule has 2 aromatic carbocycles. The molecule has 0 aliphatic rings. The van der Waals surface area contributed by atoms with E-state index in [1.165, 1.54) is 12.1 Å². The monoisotopic (exact) mass is 370 g/mol. The quantitative estimate of drug-likeness (QED) is 0.739. The Hall–Kier alpha value is -2.60. The fourth-order valence-electron chi connectivity index (χ4n) is 2.98. The molecule has 0 unspecified atom stereocenters. The summed E-state index contributed by atoms with van der Waals surface area (Å²) in [6.07, 6.45) is 3.01. The highest BCUT2D eigenvalue weighted by molar-refractivity contribution is 7.90. The van der Waals surface area contributed by atoms with E-state index in [9.17, 15) is 13.2 Å². The molecule has 1 aromatic heterocycles. The Kier molecular flexibility index (Phi) is 4.87. The molecule has 0 aliphatic heterocycles. The van der Waals surface area contributed by atoms with E-state index in [1.807, 2.05) is 30.5 Å². The van der Waals surface area contributed by atoms with Crippen molar-refractivity contribution in [3.05, 3.63) is 60.3 Å². The summed E-state index contributed by atoms with van der Waals surface area (Å²) in [5.74, 6) is 0.197. The van der Waals surface area contributed by atoms with Gasteiger partial charge in [0.1, 0.15) is 0 Å². The number of carbonyl (C=O) groups is 1. The van der Waals surface area contributed by atoms with Gasteiger partial charge in [0, 0.05) is 35.6 Å². The number of aromatic nitrogens is 1. The molecule has 0 spiro atoms. The number of benzene rings is 2. The molecule has 0 atom stereocenters. The van der Waals surface area contributed by atoms with Crippen molar-refractivity contribution in [1.82, 2.24) is 4.57 Å². The molecule has 0 saturated carbocycles. The predicted molar refractivity (Wildman–Crippen MR) is 104 cm³/mol. The van der Waals surface area contributed by atoms with Crippen molar-refractivity contribution in [2.75, 3.05) is 11.6 Å². The summed E-state index contributed by atoms with van der Waals surface area (Å²) in [5.41, 5.74) is 2.04. The fraction of sp³-hybridized carbons (Fsp3) is 0.250. The number of amides is 1.